The summed E-state index contributed by atoms with van der Waals surface area (Å²) in [6.45, 7) is 11.5. The van der Waals surface area contributed by atoms with Crippen molar-refractivity contribution in [1.29, 1.82) is 0 Å². The van der Waals surface area contributed by atoms with Crippen LogP contribution in [0.15, 0.2) is 41.4 Å². The molecule has 2 N–H and O–H groups in total. The van der Waals surface area contributed by atoms with E-state index in [4.69, 9.17) is 0 Å². The number of carbonyl (C=O) groups is 1. The lowest BCUT2D eigenvalue weighted by molar-refractivity contribution is -0.130. The minimum atomic E-state index is 0.176. The first-order valence-electron chi connectivity index (χ1n) is 9.96. The zero-order valence-electron chi connectivity index (χ0n) is 16.9. The molecule has 1 aromatic carbocycles. The summed E-state index contributed by atoms with van der Waals surface area (Å²) in [4.78, 5) is 20.9. The molecular formula is C21H33N5O. The molecule has 6 heteroatoms. The molecule has 0 unspecified atom stereocenters. The van der Waals surface area contributed by atoms with Gasteiger partial charge in [-0.15, -0.1) is 0 Å². The number of carbonyl (C=O) groups excluding carboxylic acids is 1. The number of rotatable bonds is 9. The molecule has 148 valence electrons. The summed E-state index contributed by atoms with van der Waals surface area (Å²) in [5.74, 6) is 0.924. The van der Waals surface area contributed by atoms with E-state index in [1.807, 2.05) is 25.7 Å². The summed E-state index contributed by atoms with van der Waals surface area (Å²) < 4.78 is 0. The number of guanidine groups is 1. The third-order valence-corrected chi connectivity index (χ3v) is 4.63. The Morgan fingerprint density at radius 3 is 2.33 bits per heavy atom. The first-order chi connectivity index (χ1) is 13.2. The minimum Gasteiger partial charge on any atom is -0.364 e. The molecule has 0 aromatic heterocycles. The van der Waals surface area contributed by atoms with E-state index in [-0.39, 0.29) is 5.91 Å². The minimum absolute atomic E-state index is 0.176. The second kappa shape index (κ2) is 11.3. The summed E-state index contributed by atoms with van der Waals surface area (Å²) in [5.41, 5.74) is 2.41. The smallest absolute Gasteiger partial charge is 0.224 e. The number of anilines is 1. The summed E-state index contributed by atoms with van der Waals surface area (Å²) >= 11 is 0. The van der Waals surface area contributed by atoms with Crippen LogP contribution in [0.2, 0.25) is 0 Å². The molecule has 0 fully saturated rings. The van der Waals surface area contributed by atoms with Gasteiger partial charge < -0.3 is 20.4 Å². The standard InChI is InChI=1S/C21H33N5O/c1-4-22-21(23-14-13-20(27)25(5-2)6-3)24-17-18-9-11-19(12-10-18)26-15-7-8-16-26/h7-12H,4-6,13-17H2,1-3H3,(H2,22,23,24). The Bertz CT molecular complexity index is 626. The van der Waals surface area contributed by atoms with E-state index in [2.05, 4.69) is 56.9 Å². The fourth-order valence-electron chi connectivity index (χ4n) is 3.04. The van der Waals surface area contributed by atoms with Gasteiger partial charge in [0.25, 0.3) is 0 Å². The lowest BCUT2D eigenvalue weighted by Gasteiger charge is -2.19. The molecule has 1 heterocycles. The average Bonchev–Trinajstić information content (AvgIpc) is 3.22. The Morgan fingerprint density at radius 1 is 1.07 bits per heavy atom. The Labute approximate surface area is 163 Å². The Hall–Kier alpha value is -2.50. The van der Waals surface area contributed by atoms with Crippen LogP contribution in [-0.4, -0.2) is 56.0 Å². The van der Waals surface area contributed by atoms with Gasteiger partial charge >= 0.3 is 0 Å². The second-order valence-electron chi connectivity index (χ2n) is 6.48. The van der Waals surface area contributed by atoms with Crippen LogP contribution in [0.3, 0.4) is 0 Å². The largest absolute Gasteiger partial charge is 0.364 e. The second-order valence-corrected chi connectivity index (χ2v) is 6.48. The van der Waals surface area contributed by atoms with E-state index in [1.54, 1.807) is 0 Å². The highest BCUT2D eigenvalue weighted by molar-refractivity contribution is 5.81. The first kappa shape index (κ1) is 20.8. The summed E-state index contributed by atoms with van der Waals surface area (Å²) in [6.07, 6.45) is 4.86. The van der Waals surface area contributed by atoms with E-state index < -0.39 is 0 Å². The van der Waals surface area contributed by atoms with Crippen molar-refractivity contribution in [3.8, 4) is 0 Å². The van der Waals surface area contributed by atoms with Gasteiger partial charge in [-0.25, -0.2) is 4.99 Å². The lowest BCUT2D eigenvalue weighted by Crippen LogP contribution is -2.40. The summed E-state index contributed by atoms with van der Waals surface area (Å²) in [6, 6.07) is 8.57. The van der Waals surface area contributed by atoms with Crippen molar-refractivity contribution in [2.24, 2.45) is 4.99 Å². The normalized spacial score (nSPS) is 13.7. The SMILES string of the molecule is CCNC(=NCc1ccc(N2CC=CC2)cc1)NCCC(=O)N(CC)CC. The molecule has 0 saturated carbocycles. The van der Waals surface area contributed by atoms with Crippen LogP contribution in [0.4, 0.5) is 5.69 Å². The molecule has 1 aliphatic heterocycles. The number of nitrogens with zero attached hydrogens (tertiary/aromatic N) is 3. The molecule has 2 rings (SSSR count). The van der Waals surface area contributed by atoms with Gasteiger partial charge in [0, 0.05) is 51.4 Å². The molecule has 1 aromatic rings. The van der Waals surface area contributed by atoms with Crippen molar-refractivity contribution in [3.63, 3.8) is 0 Å². The van der Waals surface area contributed by atoms with E-state index in [0.717, 1.165) is 38.7 Å². The van der Waals surface area contributed by atoms with Crippen LogP contribution < -0.4 is 15.5 Å². The summed E-state index contributed by atoms with van der Waals surface area (Å²) in [7, 11) is 0. The number of nitrogens with one attached hydrogen (secondary N) is 2. The average molecular weight is 372 g/mol. The van der Waals surface area contributed by atoms with E-state index in [0.29, 0.717) is 19.5 Å². The molecule has 0 spiro atoms. The van der Waals surface area contributed by atoms with Gasteiger partial charge in [0.1, 0.15) is 0 Å². The van der Waals surface area contributed by atoms with Gasteiger partial charge in [-0.05, 0) is 38.5 Å². The molecule has 6 nitrogen and oxygen atoms in total. The van der Waals surface area contributed by atoms with Crippen molar-refractivity contribution in [2.75, 3.05) is 44.2 Å². The lowest BCUT2D eigenvalue weighted by atomic mass is 10.2. The molecular weight excluding hydrogens is 338 g/mol. The highest BCUT2D eigenvalue weighted by Gasteiger charge is 2.09. The Kier molecular flexibility index (Phi) is 8.68. The molecule has 1 aliphatic rings. The highest BCUT2D eigenvalue weighted by atomic mass is 16.2. The van der Waals surface area contributed by atoms with Crippen LogP contribution in [0.1, 0.15) is 32.8 Å². The van der Waals surface area contributed by atoms with Gasteiger partial charge in [0.15, 0.2) is 5.96 Å². The van der Waals surface area contributed by atoms with E-state index >= 15 is 0 Å². The Balaban J connectivity index is 1.84. The van der Waals surface area contributed by atoms with Gasteiger partial charge in [0.2, 0.25) is 5.91 Å². The maximum Gasteiger partial charge on any atom is 0.224 e. The van der Waals surface area contributed by atoms with Gasteiger partial charge in [-0.1, -0.05) is 24.3 Å². The zero-order valence-corrected chi connectivity index (χ0v) is 16.9. The van der Waals surface area contributed by atoms with Crippen LogP contribution in [0.5, 0.6) is 0 Å². The fourth-order valence-corrected chi connectivity index (χ4v) is 3.04. The number of hydrogen-bond donors (Lipinski definition) is 2. The van der Waals surface area contributed by atoms with Gasteiger partial charge in [0.05, 0.1) is 6.54 Å². The number of aliphatic imine (C=N–C) groups is 1. The monoisotopic (exact) mass is 371 g/mol. The van der Waals surface area contributed by atoms with Crippen molar-refractivity contribution >= 4 is 17.6 Å². The molecule has 0 atom stereocenters. The predicted octanol–water partition coefficient (Wildman–Crippen LogP) is 2.38. The third-order valence-electron chi connectivity index (χ3n) is 4.63. The van der Waals surface area contributed by atoms with Crippen molar-refractivity contribution in [3.05, 3.63) is 42.0 Å². The van der Waals surface area contributed by atoms with Crippen molar-refractivity contribution < 1.29 is 4.79 Å². The maximum atomic E-state index is 12.1. The predicted molar refractivity (Wildman–Crippen MR) is 113 cm³/mol. The molecule has 27 heavy (non-hydrogen) atoms. The van der Waals surface area contributed by atoms with Gasteiger partial charge in [-0.2, -0.15) is 0 Å². The molecule has 0 aliphatic carbocycles. The van der Waals surface area contributed by atoms with Crippen LogP contribution in [0, 0.1) is 0 Å². The molecule has 0 bridgehead atoms. The number of benzene rings is 1. The van der Waals surface area contributed by atoms with Crippen molar-refractivity contribution in [1.82, 2.24) is 15.5 Å². The van der Waals surface area contributed by atoms with Gasteiger partial charge in [-0.3, -0.25) is 4.79 Å². The van der Waals surface area contributed by atoms with E-state index in [1.165, 1.54) is 11.3 Å². The van der Waals surface area contributed by atoms with Crippen LogP contribution in [-0.2, 0) is 11.3 Å². The third kappa shape index (κ3) is 6.62. The molecule has 0 saturated heterocycles. The number of amides is 1. The van der Waals surface area contributed by atoms with Crippen molar-refractivity contribution in [2.45, 2.75) is 33.7 Å². The fraction of sp³-hybridized carbons (Fsp3) is 0.524. The highest BCUT2D eigenvalue weighted by Crippen LogP contribution is 2.17. The van der Waals surface area contributed by atoms with Crippen LogP contribution in [0.25, 0.3) is 0 Å². The first-order valence-corrected chi connectivity index (χ1v) is 9.96. The quantitative estimate of drug-likeness (QED) is 0.397. The Morgan fingerprint density at radius 2 is 1.74 bits per heavy atom. The maximum absolute atomic E-state index is 12.1. The van der Waals surface area contributed by atoms with E-state index in [9.17, 15) is 4.79 Å². The van der Waals surface area contributed by atoms with Crippen LogP contribution >= 0.6 is 0 Å². The molecule has 0 radical (unpaired) electrons. The zero-order chi connectivity index (χ0) is 19.5. The topological polar surface area (TPSA) is 60.0 Å². The number of hydrogen-bond acceptors (Lipinski definition) is 3. The molecule has 1 amide bonds. The summed E-state index contributed by atoms with van der Waals surface area (Å²) in [5, 5.41) is 6.49.